The number of fused-ring (bicyclic) bond motifs is 1. The van der Waals surface area contributed by atoms with E-state index in [1.165, 1.54) is 0 Å². The number of rotatable bonds is 6. The summed E-state index contributed by atoms with van der Waals surface area (Å²) < 4.78 is 13.0. The molecule has 0 aliphatic carbocycles. The number of halogens is 1. The summed E-state index contributed by atoms with van der Waals surface area (Å²) in [5, 5.41) is 15.8. The third-order valence-electron chi connectivity index (χ3n) is 5.10. The monoisotopic (exact) mass is 441 g/mol. The van der Waals surface area contributed by atoms with Gasteiger partial charge in [-0.2, -0.15) is 9.78 Å². The van der Waals surface area contributed by atoms with Crippen LogP contribution in [0.25, 0.3) is 5.82 Å². The van der Waals surface area contributed by atoms with Crippen molar-refractivity contribution in [1.82, 2.24) is 20.0 Å². The highest BCUT2D eigenvalue weighted by molar-refractivity contribution is 6.29. The highest BCUT2D eigenvalue weighted by Gasteiger charge is 2.33. The van der Waals surface area contributed by atoms with Crippen molar-refractivity contribution in [3.05, 3.63) is 52.3 Å². The Morgan fingerprint density at radius 3 is 2.71 bits per heavy atom. The van der Waals surface area contributed by atoms with Gasteiger partial charge in [0, 0.05) is 17.9 Å². The number of carbonyl (C=O) groups is 1. The average Bonchev–Trinajstić information content (AvgIpc) is 3.08. The molecule has 9 heteroatoms. The fraction of sp³-hybridized carbons (Fsp3) is 0.364. The zero-order valence-electron chi connectivity index (χ0n) is 17.8. The molecule has 8 nitrogen and oxygen atoms in total. The number of hydrogen-bond donors (Lipinski definition) is 1. The third-order valence-corrected chi connectivity index (χ3v) is 5.30. The number of amides is 1. The maximum absolute atomic E-state index is 12.6. The molecular formula is C22H24ClN5O3. The van der Waals surface area contributed by atoms with Crippen molar-refractivity contribution < 1.29 is 14.3 Å². The molecule has 0 bridgehead atoms. The van der Waals surface area contributed by atoms with E-state index in [4.69, 9.17) is 21.1 Å². The van der Waals surface area contributed by atoms with E-state index in [2.05, 4.69) is 34.5 Å². The number of ether oxygens (including phenoxy) is 2. The van der Waals surface area contributed by atoms with E-state index >= 15 is 0 Å². The van der Waals surface area contributed by atoms with Crippen molar-refractivity contribution in [3.63, 3.8) is 0 Å². The number of anilines is 1. The summed E-state index contributed by atoms with van der Waals surface area (Å²) in [7, 11) is 1.61. The normalized spacial score (nSPS) is 15.5. The molecule has 0 saturated carbocycles. The fourth-order valence-corrected chi connectivity index (χ4v) is 3.80. The van der Waals surface area contributed by atoms with Gasteiger partial charge in [0.2, 0.25) is 5.91 Å². The molecule has 0 spiro atoms. The third kappa shape index (κ3) is 4.20. The second-order valence-electron chi connectivity index (χ2n) is 7.89. The smallest absolute Gasteiger partial charge is 0.226 e. The van der Waals surface area contributed by atoms with Crippen LogP contribution in [-0.2, 0) is 4.79 Å². The van der Waals surface area contributed by atoms with Crippen molar-refractivity contribution >= 4 is 23.3 Å². The first kappa shape index (κ1) is 21.1. The molecule has 3 aromatic rings. The van der Waals surface area contributed by atoms with Gasteiger partial charge < -0.3 is 14.8 Å². The van der Waals surface area contributed by atoms with E-state index in [1.54, 1.807) is 23.9 Å². The topological polar surface area (TPSA) is 91.2 Å². The first-order valence-corrected chi connectivity index (χ1v) is 10.4. The number of hydrogen-bond acceptors (Lipinski definition) is 6. The van der Waals surface area contributed by atoms with Crippen LogP contribution in [0.1, 0.15) is 43.0 Å². The molecule has 1 atom stereocenters. The number of carbonyl (C=O) groups excluding carboxylic acids is 1. The quantitative estimate of drug-likeness (QED) is 0.618. The summed E-state index contributed by atoms with van der Waals surface area (Å²) in [6.45, 7) is 6.70. The molecule has 1 aromatic carbocycles. The first-order valence-electron chi connectivity index (χ1n) is 10.1. The van der Waals surface area contributed by atoms with Crippen LogP contribution >= 0.6 is 11.6 Å². The van der Waals surface area contributed by atoms with Gasteiger partial charge in [0.25, 0.3) is 0 Å². The number of aryl methyl sites for hydroxylation is 1. The molecular weight excluding hydrogens is 418 g/mol. The van der Waals surface area contributed by atoms with Crippen LogP contribution in [0.4, 0.5) is 5.82 Å². The lowest BCUT2D eigenvalue weighted by atomic mass is 9.85. The Morgan fingerprint density at radius 2 is 2.03 bits per heavy atom. The van der Waals surface area contributed by atoms with Gasteiger partial charge in [-0.25, -0.2) is 0 Å². The maximum atomic E-state index is 12.6. The first-order chi connectivity index (χ1) is 14.9. The van der Waals surface area contributed by atoms with Crippen molar-refractivity contribution in [3.8, 4) is 17.3 Å². The SMILES string of the molecule is COc1cc([C@H]2CC(=O)Nc3c2c(C)nn3-c2ccc(Cl)nn2)ccc1OCC(C)C. The van der Waals surface area contributed by atoms with E-state index < -0.39 is 0 Å². The average molecular weight is 442 g/mol. The van der Waals surface area contributed by atoms with Gasteiger partial charge in [0.05, 0.1) is 19.4 Å². The summed E-state index contributed by atoms with van der Waals surface area (Å²) in [6.07, 6.45) is 0.307. The Balaban J connectivity index is 1.75. The van der Waals surface area contributed by atoms with Crippen LogP contribution in [0.15, 0.2) is 30.3 Å². The maximum Gasteiger partial charge on any atom is 0.226 e. The molecule has 0 unspecified atom stereocenters. The summed E-state index contributed by atoms with van der Waals surface area (Å²) in [5.74, 6) is 2.52. The second kappa shape index (κ2) is 8.55. The lowest BCUT2D eigenvalue weighted by Gasteiger charge is -2.25. The predicted octanol–water partition coefficient (Wildman–Crippen LogP) is 4.14. The van der Waals surface area contributed by atoms with Crippen molar-refractivity contribution in [2.45, 2.75) is 33.1 Å². The molecule has 31 heavy (non-hydrogen) atoms. The molecule has 4 rings (SSSR count). The summed E-state index contributed by atoms with van der Waals surface area (Å²) in [6, 6.07) is 9.15. The number of nitrogens with one attached hydrogen (secondary N) is 1. The molecule has 3 heterocycles. The zero-order chi connectivity index (χ0) is 22.1. The van der Waals surface area contributed by atoms with E-state index in [0.717, 1.165) is 16.8 Å². The minimum absolute atomic E-state index is 0.0975. The number of methoxy groups -OCH3 is 1. The van der Waals surface area contributed by atoms with Crippen LogP contribution in [0.2, 0.25) is 5.15 Å². The number of nitrogens with zero attached hydrogens (tertiary/aromatic N) is 4. The van der Waals surface area contributed by atoms with Crippen LogP contribution in [0, 0.1) is 12.8 Å². The van der Waals surface area contributed by atoms with Crippen molar-refractivity contribution in [1.29, 1.82) is 0 Å². The predicted molar refractivity (Wildman–Crippen MR) is 117 cm³/mol. The van der Waals surface area contributed by atoms with E-state index in [1.807, 2.05) is 25.1 Å². The van der Waals surface area contributed by atoms with Crippen molar-refractivity contribution in [2.75, 3.05) is 19.0 Å². The van der Waals surface area contributed by atoms with Crippen LogP contribution in [-0.4, -0.2) is 39.6 Å². The number of aromatic nitrogens is 4. The van der Waals surface area contributed by atoms with Crippen LogP contribution in [0.5, 0.6) is 11.5 Å². The molecule has 0 fully saturated rings. The van der Waals surface area contributed by atoms with Crippen LogP contribution < -0.4 is 14.8 Å². The second-order valence-corrected chi connectivity index (χ2v) is 8.28. The van der Waals surface area contributed by atoms with E-state index in [-0.39, 0.29) is 17.0 Å². The number of benzene rings is 1. The molecule has 0 radical (unpaired) electrons. The Labute approximate surface area is 185 Å². The molecule has 1 aliphatic heterocycles. The summed E-state index contributed by atoms with van der Waals surface area (Å²) in [5.41, 5.74) is 2.69. The molecule has 2 aromatic heterocycles. The van der Waals surface area contributed by atoms with E-state index in [9.17, 15) is 4.79 Å². The lowest BCUT2D eigenvalue weighted by Crippen LogP contribution is -2.25. The Kier molecular flexibility index (Phi) is 5.82. The van der Waals surface area contributed by atoms with Gasteiger partial charge in [-0.3, -0.25) is 4.79 Å². The van der Waals surface area contributed by atoms with Crippen LogP contribution in [0.3, 0.4) is 0 Å². The molecule has 1 aliphatic rings. The molecule has 0 saturated heterocycles. The van der Waals surface area contributed by atoms with E-state index in [0.29, 0.717) is 42.1 Å². The minimum atomic E-state index is -0.175. The fourth-order valence-electron chi connectivity index (χ4n) is 3.70. The van der Waals surface area contributed by atoms with Gasteiger partial charge >= 0.3 is 0 Å². The Hall–Kier alpha value is -3.13. The van der Waals surface area contributed by atoms with Gasteiger partial charge in [0.1, 0.15) is 5.82 Å². The summed E-state index contributed by atoms with van der Waals surface area (Å²) in [4.78, 5) is 12.6. The molecule has 1 amide bonds. The van der Waals surface area contributed by atoms with Crippen molar-refractivity contribution in [2.24, 2.45) is 5.92 Å². The summed E-state index contributed by atoms with van der Waals surface area (Å²) >= 11 is 5.86. The van der Waals surface area contributed by atoms with Gasteiger partial charge in [-0.05, 0) is 42.7 Å². The van der Waals surface area contributed by atoms with Gasteiger partial charge in [0.15, 0.2) is 22.5 Å². The highest BCUT2D eigenvalue weighted by atomic mass is 35.5. The van der Waals surface area contributed by atoms with Gasteiger partial charge in [-0.1, -0.05) is 31.5 Å². The lowest BCUT2D eigenvalue weighted by molar-refractivity contribution is -0.116. The standard InChI is InChI=1S/C22H24ClN5O3/c1-12(2)11-31-16-6-5-14(9-17(16)30-4)15-10-20(29)24-22-21(15)13(3)27-28(22)19-8-7-18(23)25-26-19/h5-9,12,15H,10-11H2,1-4H3,(H,24,29)/t15-/m1/s1. The zero-order valence-corrected chi connectivity index (χ0v) is 18.6. The molecule has 1 N–H and O–H groups in total. The largest absolute Gasteiger partial charge is 0.493 e. The Morgan fingerprint density at radius 1 is 1.23 bits per heavy atom. The highest BCUT2D eigenvalue weighted by Crippen LogP contribution is 2.42. The minimum Gasteiger partial charge on any atom is -0.493 e. The Bertz CT molecular complexity index is 1110. The van der Waals surface area contributed by atoms with Gasteiger partial charge in [-0.15, -0.1) is 10.2 Å². The molecule has 162 valence electrons.